The van der Waals surface area contributed by atoms with Crippen molar-refractivity contribution in [1.82, 2.24) is 15.0 Å². The Hall–Kier alpha value is -1.65. The maximum atomic E-state index is 10.3. The molecule has 0 aliphatic heterocycles. The average molecular weight is 139 g/mol. The van der Waals surface area contributed by atoms with Gasteiger partial charge in [0.15, 0.2) is 5.69 Å². The molecule has 1 aromatic heterocycles. The van der Waals surface area contributed by atoms with E-state index in [9.17, 15) is 4.79 Å². The van der Waals surface area contributed by atoms with Crippen molar-refractivity contribution in [1.29, 1.82) is 0 Å². The van der Waals surface area contributed by atoms with Crippen molar-refractivity contribution in [2.24, 2.45) is 0 Å². The number of aromatic carboxylic acids is 1. The smallest absolute Gasteiger partial charge is 0.356 e. The zero-order chi connectivity index (χ0) is 7.56. The SMILES string of the molecule is C=Cn1nncc1C(=O)O. The van der Waals surface area contributed by atoms with Crippen LogP contribution in [0.4, 0.5) is 0 Å². The highest BCUT2D eigenvalue weighted by molar-refractivity contribution is 5.85. The van der Waals surface area contributed by atoms with Crippen LogP contribution in [0.25, 0.3) is 6.20 Å². The lowest BCUT2D eigenvalue weighted by Gasteiger charge is -1.90. The Morgan fingerprint density at radius 2 is 2.60 bits per heavy atom. The van der Waals surface area contributed by atoms with Gasteiger partial charge in [-0.15, -0.1) is 5.10 Å². The van der Waals surface area contributed by atoms with E-state index in [-0.39, 0.29) is 5.69 Å². The molecular weight excluding hydrogens is 134 g/mol. The van der Waals surface area contributed by atoms with Gasteiger partial charge in [-0.25, -0.2) is 9.48 Å². The van der Waals surface area contributed by atoms with Gasteiger partial charge in [-0.2, -0.15) is 0 Å². The molecule has 1 heterocycles. The van der Waals surface area contributed by atoms with Crippen molar-refractivity contribution in [2.45, 2.75) is 0 Å². The lowest BCUT2D eigenvalue weighted by Crippen LogP contribution is -2.03. The molecule has 0 unspecified atom stereocenters. The number of carbonyl (C=O) groups is 1. The van der Waals surface area contributed by atoms with Gasteiger partial charge in [0.2, 0.25) is 0 Å². The molecule has 1 N–H and O–H groups in total. The van der Waals surface area contributed by atoms with Crippen molar-refractivity contribution in [3.8, 4) is 0 Å². The molecule has 0 amide bonds. The first-order chi connectivity index (χ1) is 4.75. The number of carboxylic acids is 1. The molecule has 10 heavy (non-hydrogen) atoms. The van der Waals surface area contributed by atoms with Crippen LogP contribution in [0.3, 0.4) is 0 Å². The van der Waals surface area contributed by atoms with Crippen LogP contribution in [0.15, 0.2) is 12.8 Å². The van der Waals surface area contributed by atoms with Crippen LogP contribution in [0, 0.1) is 0 Å². The van der Waals surface area contributed by atoms with E-state index in [1.165, 1.54) is 6.20 Å². The molecule has 5 heteroatoms. The van der Waals surface area contributed by atoms with Crippen molar-refractivity contribution >= 4 is 12.2 Å². The molecule has 52 valence electrons. The molecule has 1 aromatic rings. The van der Waals surface area contributed by atoms with Gasteiger partial charge < -0.3 is 5.11 Å². The number of aromatic nitrogens is 3. The zero-order valence-electron chi connectivity index (χ0n) is 5.06. The predicted molar refractivity (Wildman–Crippen MR) is 33.4 cm³/mol. The first kappa shape index (κ1) is 6.47. The molecule has 0 bridgehead atoms. The molecule has 0 atom stereocenters. The van der Waals surface area contributed by atoms with E-state index in [1.807, 2.05) is 0 Å². The maximum Gasteiger partial charge on any atom is 0.356 e. The van der Waals surface area contributed by atoms with Gasteiger partial charge in [-0.1, -0.05) is 11.8 Å². The summed E-state index contributed by atoms with van der Waals surface area (Å²) in [6.45, 7) is 3.34. The highest BCUT2D eigenvalue weighted by atomic mass is 16.4. The van der Waals surface area contributed by atoms with E-state index < -0.39 is 5.97 Å². The van der Waals surface area contributed by atoms with Crippen molar-refractivity contribution in [3.05, 3.63) is 18.5 Å². The molecular formula is C5H5N3O2. The van der Waals surface area contributed by atoms with Gasteiger partial charge >= 0.3 is 5.97 Å². The van der Waals surface area contributed by atoms with Gasteiger partial charge in [0.1, 0.15) is 0 Å². The summed E-state index contributed by atoms with van der Waals surface area (Å²) in [5.41, 5.74) is 0.00926. The summed E-state index contributed by atoms with van der Waals surface area (Å²) < 4.78 is 1.09. The summed E-state index contributed by atoms with van der Waals surface area (Å²) >= 11 is 0. The summed E-state index contributed by atoms with van der Waals surface area (Å²) in [7, 11) is 0. The van der Waals surface area contributed by atoms with Crippen LogP contribution in [-0.2, 0) is 0 Å². The van der Waals surface area contributed by atoms with Gasteiger partial charge in [0, 0.05) is 6.20 Å². The Morgan fingerprint density at radius 1 is 1.90 bits per heavy atom. The van der Waals surface area contributed by atoms with Crippen molar-refractivity contribution < 1.29 is 9.90 Å². The summed E-state index contributed by atoms with van der Waals surface area (Å²) in [5, 5.41) is 15.2. The molecule has 1 rings (SSSR count). The monoisotopic (exact) mass is 139 g/mol. The second-order valence-corrected chi connectivity index (χ2v) is 1.55. The molecule has 0 saturated carbocycles. The van der Waals surface area contributed by atoms with Crippen LogP contribution < -0.4 is 0 Å². The van der Waals surface area contributed by atoms with Crippen LogP contribution in [0.5, 0.6) is 0 Å². The normalized spacial score (nSPS) is 9.20. The number of nitrogens with zero attached hydrogens (tertiary/aromatic N) is 3. The van der Waals surface area contributed by atoms with E-state index >= 15 is 0 Å². The minimum absolute atomic E-state index is 0.00926. The van der Waals surface area contributed by atoms with Crippen LogP contribution in [-0.4, -0.2) is 26.1 Å². The Morgan fingerprint density at radius 3 is 3.00 bits per heavy atom. The van der Waals surface area contributed by atoms with Crippen LogP contribution >= 0.6 is 0 Å². The van der Waals surface area contributed by atoms with Gasteiger partial charge in [-0.05, 0) is 0 Å². The van der Waals surface area contributed by atoms with Crippen LogP contribution in [0.2, 0.25) is 0 Å². The number of rotatable bonds is 2. The van der Waals surface area contributed by atoms with E-state index in [0.29, 0.717) is 0 Å². The number of hydrogen-bond acceptors (Lipinski definition) is 3. The Bertz CT molecular complexity index is 266. The Labute approximate surface area is 56.6 Å². The highest BCUT2D eigenvalue weighted by Crippen LogP contribution is 1.94. The first-order valence-corrected chi connectivity index (χ1v) is 2.51. The minimum atomic E-state index is -1.06. The number of hydrogen-bond donors (Lipinski definition) is 1. The largest absolute Gasteiger partial charge is 0.476 e. The predicted octanol–water partition coefficient (Wildman–Crippen LogP) is 0.0768. The van der Waals surface area contributed by atoms with E-state index in [4.69, 9.17) is 5.11 Å². The fourth-order valence-electron chi connectivity index (χ4n) is 0.532. The fraction of sp³-hybridized carbons (Fsp3) is 0. The van der Waals surface area contributed by atoms with E-state index in [2.05, 4.69) is 16.9 Å². The molecule has 0 aliphatic carbocycles. The average Bonchev–Trinajstić information content (AvgIpc) is 2.33. The second-order valence-electron chi connectivity index (χ2n) is 1.55. The second kappa shape index (κ2) is 2.30. The van der Waals surface area contributed by atoms with Gasteiger partial charge in [0.05, 0.1) is 6.20 Å². The Balaban J connectivity index is 3.13. The maximum absolute atomic E-state index is 10.3. The molecule has 0 aromatic carbocycles. The summed E-state index contributed by atoms with van der Waals surface area (Å²) in [5.74, 6) is -1.06. The standard InChI is InChI=1S/C5H5N3O2/c1-2-8-4(5(9)10)3-6-7-8/h2-3H,1H2,(H,9,10). The third kappa shape index (κ3) is 0.883. The lowest BCUT2D eigenvalue weighted by molar-refractivity contribution is 0.0687. The fourth-order valence-corrected chi connectivity index (χ4v) is 0.532. The van der Waals surface area contributed by atoms with E-state index in [1.54, 1.807) is 0 Å². The quantitative estimate of drug-likeness (QED) is 0.629. The minimum Gasteiger partial charge on any atom is -0.476 e. The summed E-state index contributed by atoms with van der Waals surface area (Å²) in [4.78, 5) is 10.3. The first-order valence-electron chi connectivity index (χ1n) is 2.51. The van der Waals surface area contributed by atoms with E-state index in [0.717, 1.165) is 10.9 Å². The zero-order valence-corrected chi connectivity index (χ0v) is 5.06. The molecule has 0 spiro atoms. The molecule has 5 nitrogen and oxygen atoms in total. The third-order valence-corrected chi connectivity index (χ3v) is 0.967. The lowest BCUT2D eigenvalue weighted by atomic mass is 10.5. The number of carboxylic acid groups (broad SMARTS) is 1. The van der Waals surface area contributed by atoms with Crippen molar-refractivity contribution in [2.75, 3.05) is 0 Å². The van der Waals surface area contributed by atoms with Gasteiger partial charge in [-0.3, -0.25) is 0 Å². The Kier molecular flexibility index (Phi) is 1.49. The highest BCUT2D eigenvalue weighted by Gasteiger charge is 2.07. The summed E-state index contributed by atoms with van der Waals surface area (Å²) in [6, 6.07) is 0. The summed E-state index contributed by atoms with van der Waals surface area (Å²) in [6.07, 6.45) is 2.43. The molecule has 0 radical (unpaired) electrons. The van der Waals surface area contributed by atoms with Gasteiger partial charge in [0.25, 0.3) is 0 Å². The molecule has 0 fully saturated rings. The molecule has 0 saturated heterocycles. The molecule has 0 aliphatic rings. The van der Waals surface area contributed by atoms with Crippen molar-refractivity contribution in [3.63, 3.8) is 0 Å². The van der Waals surface area contributed by atoms with Crippen LogP contribution in [0.1, 0.15) is 10.5 Å². The third-order valence-electron chi connectivity index (χ3n) is 0.967. The topological polar surface area (TPSA) is 68.0 Å².